The van der Waals surface area contributed by atoms with E-state index in [0.29, 0.717) is 23.5 Å². The van der Waals surface area contributed by atoms with Crippen LogP contribution in [-0.2, 0) is 9.05 Å². The number of anilines is 1. The smallest absolute Gasteiger partial charge is 0.261 e. The van der Waals surface area contributed by atoms with Crippen LogP contribution in [0.15, 0.2) is 17.0 Å². The van der Waals surface area contributed by atoms with Gasteiger partial charge in [0.25, 0.3) is 9.05 Å². The average molecular weight is 264 g/mol. The fourth-order valence-electron chi connectivity index (χ4n) is 1.42. The van der Waals surface area contributed by atoms with Gasteiger partial charge in [-0.3, -0.25) is 0 Å². The Morgan fingerprint density at radius 1 is 1.44 bits per heavy atom. The fourth-order valence-corrected chi connectivity index (χ4v) is 2.62. The van der Waals surface area contributed by atoms with E-state index in [0.717, 1.165) is 0 Å². The Labute approximate surface area is 100.0 Å². The summed E-state index contributed by atoms with van der Waals surface area (Å²) < 4.78 is 27.8. The van der Waals surface area contributed by atoms with Crippen molar-refractivity contribution in [2.75, 3.05) is 19.0 Å². The predicted octanol–water partition coefficient (Wildman–Crippen LogP) is 2.36. The maximum atomic E-state index is 11.3. The molecule has 0 spiro atoms. The minimum atomic E-state index is -3.72. The number of methoxy groups -OCH3 is 1. The lowest BCUT2D eigenvalue weighted by Gasteiger charge is -2.12. The number of aryl methyl sites for hydroxylation is 1. The molecule has 16 heavy (non-hydrogen) atoms. The van der Waals surface area contributed by atoms with Crippen molar-refractivity contribution in [3.8, 4) is 5.75 Å². The molecule has 0 radical (unpaired) electrons. The van der Waals surface area contributed by atoms with Crippen LogP contribution in [0.3, 0.4) is 0 Å². The summed E-state index contributed by atoms with van der Waals surface area (Å²) in [5, 5.41) is 3.02. The molecule has 0 amide bonds. The third-order valence-electron chi connectivity index (χ3n) is 2.13. The van der Waals surface area contributed by atoms with Crippen molar-refractivity contribution in [2.45, 2.75) is 18.7 Å². The van der Waals surface area contributed by atoms with Crippen LogP contribution < -0.4 is 10.1 Å². The second-order valence-electron chi connectivity index (χ2n) is 3.29. The van der Waals surface area contributed by atoms with Crippen molar-refractivity contribution in [1.29, 1.82) is 0 Å². The molecule has 1 aromatic carbocycles. The van der Waals surface area contributed by atoms with E-state index in [4.69, 9.17) is 15.4 Å². The van der Waals surface area contributed by atoms with Gasteiger partial charge in [-0.05, 0) is 31.5 Å². The average Bonchev–Trinajstić information content (AvgIpc) is 2.18. The van der Waals surface area contributed by atoms with Crippen LogP contribution in [0.2, 0.25) is 0 Å². The minimum Gasteiger partial charge on any atom is -0.495 e. The largest absolute Gasteiger partial charge is 0.495 e. The molecule has 1 rings (SSSR count). The molecule has 0 aromatic heterocycles. The molecule has 90 valence electrons. The summed E-state index contributed by atoms with van der Waals surface area (Å²) in [6.07, 6.45) is 0. The lowest BCUT2D eigenvalue weighted by atomic mass is 10.2. The summed E-state index contributed by atoms with van der Waals surface area (Å²) in [6.45, 7) is 4.25. The quantitative estimate of drug-likeness (QED) is 0.848. The van der Waals surface area contributed by atoms with E-state index in [-0.39, 0.29) is 4.90 Å². The van der Waals surface area contributed by atoms with E-state index in [1.54, 1.807) is 13.0 Å². The van der Waals surface area contributed by atoms with Crippen molar-refractivity contribution >= 4 is 25.4 Å². The van der Waals surface area contributed by atoms with Crippen molar-refractivity contribution in [3.63, 3.8) is 0 Å². The molecule has 0 aliphatic carbocycles. The first-order valence-electron chi connectivity index (χ1n) is 4.77. The summed E-state index contributed by atoms with van der Waals surface area (Å²) in [7, 11) is 3.14. The highest BCUT2D eigenvalue weighted by atomic mass is 35.7. The maximum absolute atomic E-state index is 11.3. The Hall–Kier alpha value is -0.940. The molecule has 0 saturated carbocycles. The van der Waals surface area contributed by atoms with E-state index in [9.17, 15) is 8.42 Å². The number of ether oxygens (including phenoxy) is 1. The highest BCUT2D eigenvalue weighted by molar-refractivity contribution is 8.13. The topological polar surface area (TPSA) is 55.4 Å². The maximum Gasteiger partial charge on any atom is 0.261 e. The Kier molecular flexibility index (Phi) is 4.04. The highest BCUT2D eigenvalue weighted by Crippen LogP contribution is 2.31. The van der Waals surface area contributed by atoms with Gasteiger partial charge in [-0.25, -0.2) is 8.42 Å². The van der Waals surface area contributed by atoms with Crippen molar-refractivity contribution in [2.24, 2.45) is 0 Å². The zero-order chi connectivity index (χ0) is 12.3. The third kappa shape index (κ3) is 2.80. The first-order valence-corrected chi connectivity index (χ1v) is 7.08. The second-order valence-corrected chi connectivity index (χ2v) is 5.82. The summed E-state index contributed by atoms with van der Waals surface area (Å²) >= 11 is 0. The van der Waals surface area contributed by atoms with Gasteiger partial charge in [0, 0.05) is 17.2 Å². The Morgan fingerprint density at radius 2 is 2.06 bits per heavy atom. The molecule has 0 fully saturated rings. The lowest BCUT2D eigenvalue weighted by Crippen LogP contribution is -2.03. The van der Waals surface area contributed by atoms with Gasteiger partial charge in [-0.15, -0.1) is 0 Å². The van der Waals surface area contributed by atoms with E-state index < -0.39 is 9.05 Å². The first kappa shape index (κ1) is 13.1. The summed E-state index contributed by atoms with van der Waals surface area (Å²) in [6, 6.07) is 3.13. The molecule has 0 aliphatic heterocycles. The van der Waals surface area contributed by atoms with Crippen molar-refractivity contribution in [3.05, 3.63) is 17.7 Å². The molecule has 0 aliphatic rings. The summed E-state index contributed by atoms with van der Waals surface area (Å²) in [5.41, 5.74) is 1.18. The first-order chi connectivity index (χ1) is 7.40. The van der Waals surface area contributed by atoms with Gasteiger partial charge in [-0.1, -0.05) is 0 Å². The SMILES string of the molecule is CCNc1cc(S(=O)(=O)Cl)c(C)cc1OC. The van der Waals surface area contributed by atoms with Crippen LogP contribution in [0.5, 0.6) is 5.75 Å². The Balaban J connectivity index is 3.39. The number of benzene rings is 1. The number of halogens is 1. The molecule has 4 nitrogen and oxygen atoms in total. The van der Waals surface area contributed by atoms with Gasteiger partial charge in [0.2, 0.25) is 0 Å². The standard InChI is InChI=1S/C10H14ClNO3S/c1-4-12-8-6-10(16(11,13)14)7(2)5-9(8)15-3/h5-6,12H,4H2,1-3H3. The van der Waals surface area contributed by atoms with Crippen molar-refractivity contribution < 1.29 is 13.2 Å². The molecular formula is C10H14ClNO3S. The molecule has 1 N–H and O–H groups in total. The van der Waals surface area contributed by atoms with Crippen LogP contribution in [0.1, 0.15) is 12.5 Å². The van der Waals surface area contributed by atoms with Gasteiger partial charge in [0.05, 0.1) is 17.7 Å². The van der Waals surface area contributed by atoms with Crippen LogP contribution in [0, 0.1) is 6.92 Å². The Morgan fingerprint density at radius 3 is 2.50 bits per heavy atom. The minimum absolute atomic E-state index is 0.103. The highest BCUT2D eigenvalue weighted by Gasteiger charge is 2.16. The van der Waals surface area contributed by atoms with E-state index in [1.807, 2.05) is 6.92 Å². The zero-order valence-electron chi connectivity index (χ0n) is 9.37. The number of hydrogen-bond acceptors (Lipinski definition) is 4. The zero-order valence-corrected chi connectivity index (χ0v) is 10.9. The monoisotopic (exact) mass is 263 g/mol. The molecule has 0 heterocycles. The van der Waals surface area contributed by atoms with E-state index in [1.165, 1.54) is 13.2 Å². The molecule has 0 atom stereocenters. The van der Waals surface area contributed by atoms with Gasteiger partial charge in [-0.2, -0.15) is 0 Å². The number of nitrogens with one attached hydrogen (secondary N) is 1. The number of rotatable bonds is 4. The molecule has 0 bridgehead atoms. The predicted molar refractivity (Wildman–Crippen MR) is 64.9 cm³/mol. The molecule has 0 saturated heterocycles. The summed E-state index contributed by atoms with van der Waals surface area (Å²) in [4.78, 5) is 0.103. The van der Waals surface area contributed by atoms with Crippen LogP contribution in [0.25, 0.3) is 0 Å². The van der Waals surface area contributed by atoms with Gasteiger partial charge in [0.1, 0.15) is 5.75 Å². The van der Waals surface area contributed by atoms with Gasteiger partial charge >= 0.3 is 0 Å². The molecule has 6 heteroatoms. The van der Waals surface area contributed by atoms with Crippen LogP contribution in [0.4, 0.5) is 5.69 Å². The van der Waals surface area contributed by atoms with E-state index in [2.05, 4.69) is 5.32 Å². The second kappa shape index (κ2) is 4.93. The lowest BCUT2D eigenvalue weighted by molar-refractivity contribution is 0.416. The van der Waals surface area contributed by atoms with Gasteiger partial charge < -0.3 is 10.1 Å². The fraction of sp³-hybridized carbons (Fsp3) is 0.400. The van der Waals surface area contributed by atoms with Gasteiger partial charge in [0.15, 0.2) is 0 Å². The number of hydrogen-bond donors (Lipinski definition) is 1. The van der Waals surface area contributed by atoms with Crippen molar-refractivity contribution in [1.82, 2.24) is 0 Å². The normalized spacial score (nSPS) is 11.2. The summed E-state index contributed by atoms with van der Waals surface area (Å²) in [5.74, 6) is 0.600. The molecule has 0 unspecified atom stereocenters. The van der Waals surface area contributed by atoms with Crippen LogP contribution >= 0.6 is 10.7 Å². The van der Waals surface area contributed by atoms with Crippen LogP contribution in [-0.4, -0.2) is 22.1 Å². The molecular weight excluding hydrogens is 250 g/mol. The molecule has 1 aromatic rings. The van der Waals surface area contributed by atoms with E-state index >= 15 is 0 Å². The Bertz CT molecular complexity index is 485. The third-order valence-corrected chi connectivity index (χ3v) is 3.59.